The summed E-state index contributed by atoms with van der Waals surface area (Å²) in [4.78, 5) is 2.42. The van der Waals surface area contributed by atoms with E-state index in [-0.39, 0.29) is 11.6 Å². The number of benzene rings is 1. The predicted molar refractivity (Wildman–Crippen MR) is 80.0 cm³/mol. The maximum Gasteiger partial charge on any atom is 0.165 e. The molecule has 2 unspecified atom stereocenters. The molecule has 2 atom stereocenters. The molecule has 2 fully saturated rings. The van der Waals surface area contributed by atoms with Gasteiger partial charge in [0, 0.05) is 18.5 Å². The molecule has 0 amide bonds. The Morgan fingerprint density at radius 2 is 2.00 bits per heavy atom. The second kappa shape index (κ2) is 5.58. The average Bonchev–Trinajstić information content (AvgIpc) is 2.41. The molecule has 2 heterocycles. The Hall–Kier alpha value is -1.13. The fraction of sp³-hybridized carbons (Fsp3) is 0.647. The number of fused-ring (bicyclic) bond motifs is 2. The number of ether oxygens (including phenoxy) is 1. The van der Waals surface area contributed by atoms with E-state index in [9.17, 15) is 9.50 Å². The third-order valence-corrected chi connectivity index (χ3v) is 5.21. The van der Waals surface area contributed by atoms with Crippen LogP contribution in [-0.2, 0) is 6.42 Å². The fourth-order valence-electron chi connectivity index (χ4n) is 4.09. The van der Waals surface area contributed by atoms with Crippen molar-refractivity contribution in [1.29, 1.82) is 0 Å². The topological polar surface area (TPSA) is 32.7 Å². The van der Waals surface area contributed by atoms with Gasteiger partial charge in [0.2, 0.25) is 0 Å². The lowest BCUT2D eigenvalue weighted by Gasteiger charge is -2.50. The number of aliphatic hydroxyl groups is 1. The minimum absolute atomic E-state index is 0.256. The molecule has 1 aromatic rings. The molecule has 0 radical (unpaired) electrons. The van der Waals surface area contributed by atoms with Gasteiger partial charge < -0.3 is 14.7 Å². The largest absolute Gasteiger partial charge is 0.494 e. The number of hydrogen-bond acceptors (Lipinski definition) is 3. The summed E-state index contributed by atoms with van der Waals surface area (Å²) in [5.74, 6) is -0.0993. The van der Waals surface area contributed by atoms with Crippen LogP contribution in [0.5, 0.6) is 5.75 Å². The summed E-state index contributed by atoms with van der Waals surface area (Å²) in [6.45, 7) is 0. The van der Waals surface area contributed by atoms with Crippen molar-refractivity contribution in [1.82, 2.24) is 4.90 Å². The van der Waals surface area contributed by atoms with Crippen LogP contribution in [-0.4, -0.2) is 41.8 Å². The van der Waals surface area contributed by atoms with Crippen LogP contribution in [0.2, 0.25) is 0 Å². The molecule has 2 aliphatic heterocycles. The molecule has 0 aliphatic carbocycles. The lowest BCUT2D eigenvalue weighted by Crippen LogP contribution is -2.57. The molecule has 2 aliphatic rings. The molecule has 116 valence electrons. The highest BCUT2D eigenvalue weighted by molar-refractivity contribution is 5.30. The second-order valence-electron chi connectivity index (χ2n) is 6.68. The van der Waals surface area contributed by atoms with Gasteiger partial charge >= 0.3 is 0 Å². The molecule has 4 heteroatoms. The SMILES string of the molecule is COc1ccc(CC2(O)CC3CCCC(C2)N3C)cc1F. The Morgan fingerprint density at radius 1 is 1.33 bits per heavy atom. The molecule has 2 bridgehead atoms. The van der Waals surface area contributed by atoms with Gasteiger partial charge in [0.1, 0.15) is 0 Å². The number of piperidine rings is 2. The Morgan fingerprint density at radius 3 is 2.57 bits per heavy atom. The lowest BCUT2D eigenvalue weighted by atomic mass is 9.73. The normalized spacial score (nSPS) is 33.0. The molecule has 3 rings (SSSR count). The van der Waals surface area contributed by atoms with E-state index in [1.165, 1.54) is 19.6 Å². The van der Waals surface area contributed by atoms with E-state index in [0.717, 1.165) is 31.2 Å². The maximum absolute atomic E-state index is 13.8. The summed E-state index contributed by atoms with van der Waals surface area (Å²) in [5.41, 5.74) is 0.141. The highest BCUT2D eigenvalue weighted by Gasteiger charge is 2.43. The third kappa shape index (κ3) is 2.92. The molecule has 21 heavy (non-hydrogen) atoms. The molecular formula is C17H24FNO2. The van der Waals surface area contributed by atoms with Crippen molar-refractivity contribution in [3.63, 3.8) is 0 Å². The van der Waals surface area contributed by atoms with E-state index in [4.69, 9.17) is 4.74 Å². The van der Waals surface area contributed by atoms with Crippen LogP contribution in [0.4, 0.5) is 4.39 Å². The number of rotatable bonds is 3. The number of methoxy groups -OCH3 is 1. The van der Waals surface area contributed by atoms with Crippen molar-refractivity contribution in [2.24, 2.45) is 0 Å². The van der Waals surface area contributed by atoms with Gasteiger partial charge in [0.15, 0.2) is 11.6 Å². The lowest BCUT2D eigenvalue weighted by molar-refractivity contribution is -0.0820. The molecule has 1 N–H and O–H groups in total. The summed E-state index contributed by atoms with van der Waals surface area (Å²) >= 11 is 0. The van der Waals surface area contributed by atoms with Crippen LogP contribution in [0.15, 0.2) is 18.2 Å². The van der Waals surface area contributed by atoms with Crippen molar-refractivity contribution < 1.29 is 14.2 Å². The minimum Gasteiger partial charge on any atom is -0.494 e. The van der Waals surface area contributed by atoms with E-state index >= 15 is 0 Å². The number of nitrogens with zero attached hydrogens (tertiary/aromatic N) is 1. The van der Waals surface area contributed by atoms with E-state index in [2.05, 4.69) is 11.9 Å². The molecular weight excluding hydrogens is 269 g/mol. The zero-order chi connectivity index (χ0) is 15.0. The highest BCUT2D eigenvalue weighted by atomic mass is 19.1. The predicted octanol–water partition coefficient (Wildman–Crippen LogP) is 2.75. The van der Waals surface area contributed by atoms with Crippen LogP contribution >= 0.6 is 0 Å². The number of hydrogen-bond donors (Lipinski definition) is 1. The van der Waals surface area contributed by atoms with Gasteiger partial charge in [-0.15, -0.1) is 0 Å². The monoisotopic (exact) mass is 293 g/mol. The Bertz CT molecular complexity index is 506. The van der Waals surface area contributed by atoms with Gasteiger partial charge in [-0.3, -0.25) is 0 Å². The molecule has 0 spiro atoms. The van der Waals surface area contributed by atoms with E-state index in [1.807, 2.05) is 6.07 Å². The van der Waals surface area contributed by atoms with Crippen LogP contribution in [0.3, 0.4) is 0 Å². The van der Waals surface area contributed by atoms with E-state index in [0.29, 0.717) is 18.5 Å². The van der Waals surface area contributed by atoms with Gasteiger partial charge in [-0.2, -0.15) is 0 Å². The standard InChI is InChI=1S/C17H24FNO2/c1-19-13-4-3-5-14(19)11-17(20,10-13)9-12-6-7-16(21-2)15(18)8-12/h6-8,13-14,20H,3-5,9-11H2,1-2H3. The van der Waals surface area contributed by atoms with Crippen molar-refractivity contribution in [2.45, 2.75) is 56.2 Å². The minimum atomic E-state index is -0.705. The highest BCUT2D eigenvalue weighted by Crippen LogP contribution is 2.39. The van der Waals surface area contributed by atoms with Crippen molar-refractivity contribution in [3.8, 4) is 5.75 Å². The smallest absolute Gasteiger partial charge is 0.165 e. The first-order valence-corrected chi connectivity index (χ1v) is 7.77. The summed E-state index contributed by atoms with van der Waals surface area (Å²) in [6, 6.07) is 5.92. The van der Waals surface area contributed by atoms with E-state index < -0.39 is 5.60 Å². The second-order valence-corrected chi connectivity index (χ2v) is 6.68. The van der Waals surface area contributed by atoms with Gasteiger partial charge in [0.25, 0.3) is 0 Å². The first-order valence-electron chi connectivity index (χ1n) is 7.77. The summed E-state index contributed by atoms with van der Waals surface area (Å²) in [5, 5.41) is 11.0. The first-order chi connectivity index (χ1) is 10.0. The van der Waals surface area contributed by atoms with Crippen molar-refractivity contribution in [2.75, 3.05) is 14.2 Å². The average molecular weight is 293 g/mol. The van der Waals surface area contributed by atoms with Crippen LogP contribution < -0.4 is 4.74 Å². The molecule has 3 nitrogen and oxygen atoms in total. The van der Waals surface area contributed by atoms with Gasteiger partial charge in [-0.1, -0.05) is 12.5 Å². The maximum atomic E-state index is 13.8. The van der Waals surface area contributed by atoms with Gasteiger partial charge in [-0.05, 0) is 50.4 Å². The van der Waals surface area contributed by atoms with Crippen LogP contribution in [0.1, 0.15) is 37.7 Å². The zero-order valence-electron chi connectivity index (χ0n) is 12.8. The Kier molecular flexibility index (Phi) is 3.93. The first kappa shape index (κ1) is 14.8. The van der Waals surface area contributed by atoms with Crippen LogP contribution in [0, 0.1) is 5.82 Å². The van der Waals surface area contributed by atoms with Crippen LogP contribution in [0.25, 0.3) is 0 Å². The Labute approximate surface area is 125 Å². The quantitative estimate of drug-likeness (QED) is 0.930. The summed E-state index contributed by atoms with van der Waals surface area (Å²) in [6.07, 6.45) is 5.67. The Balaban J connectivity index is 1.76. The summed E-state index contributed by atoms with van der Waals surface area (Å²) in [7, 11) is 3.63. The van der Waals surface area contributed by atoms with Gasteiger partial charge in [-0.25, -0.2) is 4.39 Å². The zero-order valence-corrected chi connectivity index (χ0v) is 12.8. The molecule has 0 aromatic heterocycles. The summed E-state index contributed by atoms with van der Waals surface area (Å²) < 4.78 is 18.8. The fourth-order valence-corrected chi connectivity index (χ4v) is 4.09. The number of halogens is 1. The van der Waals surface area contributed by atoms with Crippen molar-refractivity contribution in [3.05, 3.63) is 29.6 Å². The molecule has 2 saturated heterocycles. The van der Waals surface area contributed by atoms with Crippen molar-refractivity contribution >= 4 is 0 Å². The van der Waals surface area contributed by atoms with E-state index in [1.54, 1.807) is 6.07 Å². The molecule has 1 aromatic carbocycles. The van der Waals surface area contributed by atoms with Gasteiger partial charge in [0.05, 0.1) is 12.7 Å². The molecule has 0 saturated carbocycles. The third-order valence-electron chi connectivity index (χ3n) is 5.21.